The van der Waals surface area contributed by atoms with Gasteiger partial charge in [-0.3, -0.25) is 15.2 Å². The minimum atomic E-state index is -0.191. The summed E-state index contributed by atoms with van der Waals surface area (Å²) in [6.45, 7) is 2.08. The van der Waals surface area contributed by atoms with E-state index in [1.165, 1.54) is 5.56 Å². The molecule has 1 aliphatic rings. The molecule has 1 fully saturated rings. The summed E-state index contributed by atoms with van der Waals surface area (Å²) in [7, 11) is 0. The Balaban J connectivity index is 1.89. The van der Waals surface area contributed by atoms with Crippen LogP contribution in [-0.2, 0) is 6.42 Å². The second-order valence-electron chi connectivity index (χ2n) is 6.28. The molecule has 1 N–H and O–H groups in total. The number of hydrogen-bond acceptors (Lipinski definition) is 5. The van der Waals surface area contributed by atoms with Crippen LogP contribution >= 0.6 is 15.9 Å². The molecule has 0 atom stereocenters. The van der Waals surface area contributed by atoms with Crippen LogP contribution < -0.4 is 10.4 Å². The second kappa shape index (κ2) is 8.28. The van der Waals surface area contributed by atoms with E-state index in [2.05, 4.69) is 38.2 Å². The van der Waals surface area contributed by atoms with Gasteiger partial charge in [0.05, 0.1) is 10.5 Å². The fourth-order valence-electron chi connectivity index (χ4n) is 3.13. The van der Waals surface area contributed by atoms with E-state index < -0.39 is 0 Å². The van der Waals surface area contributed by atoms with Gasteiger partial charge >= 0.3 is 0 Å². The normalized spacial score (nSPS) is 14.0. The molecule has 1 aromatic heterocycles. The molecule has 1 aromatic carbocycles. The first-order valence-corrected chi connectivity index (χ1v) is 9.53. The van der Waals surface area contributed by atoms with Gasteiger partial charge in [0, 0.05) is 11.8 Å². The number of rotatable bonds is 5. The first-order valence-electron chi connectivity index (χ1n) is 8.74. The molecule has 1 aliphatic carbocycles. The summed E-state index contributed by atoms with van der Waals surface area (Å²) in [5.41, 5.74) is 4.77. The highest BCUT2D eigenvalue weighted by molar-refractivity contribution is 9.10. The average Bonchev–Trinajstić information content (AvgIpc) is 3.21. The summed E-state index contributed by atoms with van der Waals surface area (Å²) >= 11 is 3.45. The summed E-state index contributed by atoms with van der Waals surface area (Å²) in [6, 6.07) is 9.68. The number of aryl methyl sites for hydroxylation is 1. The lowest BCUT2D eigenvalue weighted by molar-refractivity contribution is 0.0943. The van der Waals surface area contributed by atoms with Crippen molar-refractivity contribution in [3.8, 4) is 6.07 Å². The predicted octanol–water partition coefficient (Wildman–Crippen LogP) is 3.77. The number of amides is 1. The molecule has 0 unspecified atom stereocenters. The fraction of sp³-hybridized carbons (Fsp3) is 0.368. The summed E-state index contributed by atoms with van der Waals surface area (Å²) in [5.74, 6) is 0.401. The quantitative estimate of drug-likeness (QED) is 0.754. The molecule has 134 valence electrons. The third-order valence-corrected chi connectivity index (χ3v) is 5.15. The lowest BCUT2D eigenvalue weighted by Crippen LogP contribution is -2.48. The SMILES string of the molecule is CCc1ccc(C(=O)NN(c2nc(C#N)ncc2Br)C2CCCC2)cc1. The number of halogens is 1. The Hall–Kier alpha value is -2.46. The smallest absolute Gasteiger partial charge is 0.267 e. The van der Waals surface area contributed by atoms with Crippen LogP contribution in [0.3, 0.4) is 0 Å². The van der Waals surface area contributed by atoms with Crippen molar-refractivity contribution in [1.82, 2.24) is 15.4 Å². The highest BCUT2D eigenvalue weighted by Gasteiger charge is 2.27. The Morgan fingerprint density at radius 2 is 2.04 bits per heavy atom. The van der Waals surface area contributed by atoms with Crippen LogP contribution in [0.1, 0.15) is 54.4 Å². The molecule has 6 nitrogen and oxygen atoms in total. The van der Waals surface area contributed by atoms with Crippen LogP contribution in [0.25, 0.3) is 0 Å². The molecular formula is C19H20BrN5O. The fourth-order valence-corrected chi connectivity index (χ4v) is 3.51. The Bertz CT molecular complexity index is 825. The van der Waals surface area contributed by atoms with Gasteiger partial charge in [0.25, 0.3) is 5.91 Å². The number of nitrogens with one attached hydrogen (secondary N) is 1. The average molecular weight is 414 g/mol. The molecule has 0 bridgehead atoms. The van der Waals surface area contributed by atoms with Gasteiger partial charge in [0.15, 0.2) is 5.82 Å². The predicted molar refractivity (Wildman–Crippen MR) is 102 cm³/mol. The molecule has 0 aliphatic heterocycles. The van der Waals surface area contributed by atoms with E-state index in [9.17, 15) is 4.79 Å². The number of aromatic nitrogens is 2. The largest absolute Gasteiger partial charge is 0.269 e. The van der Waals surface area contributed by atoms with Gasteiger partial charge in [0.2, 0.25) is 5.82 Å². The van der Waals surface area contributed by atoms with E-state index >= 15 is 0 Å². The van der Waals surface area contributed by atoms with E-state index in [-0.39, 0.29) is 17.8 Å². The van der Waals surface area contributed by atoms with Gasteiger partial charge in [-0.15, -0.1) is 0 Å². The molecule has 3 rings (SSSR count). The van der Waals surface area contributed by atoms with Gasteiger partial charge in [-0.2, -0.15) is 10.2 Å². The third-order valence-electron chi connectivity index (χ3n) is 4.59. The summed E-state index contributed by atoms with van der Waals surface area (Å²) < 4.78 is 0.644. The van der Waals surface area contributed by atoms with E-state index in [1.807, 2.05) is 30.3 Å². The molecule has 1 amide bonds. The van der Waals surface area contributed by atoms with Crippen molar-refractivity contribution in [2.75, 3.05) is 5.01 Å². The van der Waals surface area contributed by atoms with Crippen molar-refractivity contribution in [2.24, 2.45) is 0 Å². The summed E-state index contributed by atoms with van der Waals surface area (Å²) in [4.78, 5) is 21.0. The van der Waals surface area contributed by atoms with Crippen LogP contribution in [0.15, 0.2) is 34.9 Å². The van der Waals surface area contributed by atoms with Crippen molar-refractivity contribution in [3.63, 3.8) is 0 Å². The number of nitriles is 1. The molecule has 7 heteroatoms. The van der Waals surface area contributed by atoms with Crippen molar-refractivity contribution in [2.45, 2.75) is 45.1 Å². The molecule has 26 heavy (non-hydrogen) atoms. The molecular weight excluding hydrogens is 394 g/mol. The first kappa shape index (κ1) is 18.3. The zero-order chi connectivity index (χ0) is 18.5. The second-order valence-corrected chi connectivity index (χ2v) is 7.13. The molecule has 1 heterocycles. The number of carbonyl (C=O) groups is 1. The van der Waals surface area contributed by atoms with Crippen LogP contribution in [0.5, 0.6) is 0 Å². The van der Waals surface area contributed by atoms with Crippen molar-refractivity contribution in [1.29, 1.82) is 5.26 Å². The highest BCUT2D eigenvalue weighted by atomic mass is 79.9. The van der Waals surface area contributed by atoms with Gasteiger partial charge in [-0.05, 0) is 52.9 Å². The minimum Gasteiger partial charge on any atom is -0.267 e. The first-order chi connectivity index (χ1) is 12.6. The topological polar surface area (TPSA) is 81.9 Å². The maximum Gasteiger partial charge on any atom is 0.269 e. The number of benzene rings is 1. The number of hydrazine groups is 1. The molecule has 0 saturated heterocycles. The third kappa shape index (κ3) is 4.02. The zero-order valence-corrected chi connectivity index (χ0v) is 16.2. The molecule has 1 saturated carbocycles. The van der Waals surface area contributed by atoms with Crippen LogP contribution in [0, 0.1) is 11.3 Å². The maximum absolute atomic E-state index is 12.8. The van der Waals surface area contributed by atoms with E-state index in [0.29, 0.717) is 15.9 Å². The zero-order valence-electron chi connectivity index (χ0n) is 14.6. The highest BCUT2D eigenvalue weighted by Crippen LogP contribution is 2.30. The van der Waals surface area contributed by atoms with E-state index in [4.69, 9.17) is 5.26 Å². The Kier molecular flexibility index (Phi) is 5.84. The van der Waals surface area contributed by atoms with Crippen LogP contribution in [-0.4, -0.2) is 21.9 Å². The molecule has 0 radical (unpaired) electrons. The molecule has 0 spiro atoms. The van der Waals surface area contributed by atoms with Gasteiger partial charge in [-0.1, -0.05) is 31.9 Å². The van der Waals surface area contributed by atoms with Gasteiger partial charge in [-0.25, -0.2) is 4.98 Å². The Morgan fingerprint density at radius 3 is 2.65 bits per heavy atom. The van der Waals surface area contributed by atoms with Crippen LogP contribution in [0.4, 0.5) is 5.82 Å². The van der Waals surface area contributed by atoms with E-state index in [0.717, 1.165) is 32.1 Å². The lowest BCUT2D eigenvalue weighted by Gasteiger charge is -2.30. The van der Waals surface area contributed by atoms with E-state index in [1.54, 1.807) is 11.2 Å². The van der Waals surface area contributed by atoms with Gasteiger partial charge in [0.1, 0.15) is 6.07 Å². The maximum atomic E-state index is 12.8. The number of carbonyl (C=O) groups excluding carboxylic acids is 1. The number of anilines is 1. The van der Waals surface area contributed by atoms with Crippen molar-refractivity contribution >= 4 is 27.7 Å². The Labute approximate surface area is 161 Å². The summed E-state index contributed by atoms with van der Waals surface area (Å²) in [5, 5.41) is 10.9. The Morgan fingerprint density at radius 1 is 1.35 bits per heavy atom. The van der Waals surface area contributed by atoms with Crippen LogP contribution in [0.2, 0.25) is 0 Å². The lowest BCUT2D eigenvalue weighted by atomic mass is 10.1. The standard InChI is InChI=1S/C19H20BrN5O/c1-2-13-7-9-14(10-8-13)19(26)24-25(15-5-3-4-6-15)18-16(20)12-22-17(11-21)23-18/h7-10,12,15H,2-6H2,1H3,(H,24,26). The van der Waals surface area contributed by atoms with Crippen molar-refractivity contribution < 1.29 is 4.79 Å². The molecule has 2 aromatic rings. The number of hydrogen-bond donors (Lipinski definition) is 1. The summed E-state index contributed by atoms with van der Waals surface area (Å²) in [6.07, 6.45) is 6.62. The minimum absolute atomic E-state index is 0.0766. The number of nitrogens with zero attached hydrogens (tertiary/aromatic N) is 4. The van der Waals surface area contributed by atoms with Crippen molar-refractivity contribution in [3.05, 3.63) is 51.9 Å². The van der Waals surface area contributed by atoms with Gasteiger partial charge < -0.3 is 0 Å². The monoisotopic (exact) mass is 413 g/mol.